The number of nitro groups is 1. The van der Waals surface area contributed by atoms with Gasteiger partial charge in [0.2, 0.25) is 0 Å². The van der Waals surface area contributed by atoms with Gasteiger partial charge in [-0.2, -0.15) is 5.10 Å². The Morgan fingerprint density at radius 3 is 2.73 bits per heavy atom. The lowest BCUT2D eigenvalue weighted by atomic mass is 10.2. The number of pyridine rings is 1. The van der Waals surface area contributed by atoms with E-state index in [1.165, 1.54) is 18.3 Å². The Morgan fingerprint density at radius 1 is 1.41 bits per heavy atom. The molecule has 0 aliphatic carbocycles. The third-order valence-corrected chi connectivity index (χ3v) is 3.23. The van der Waals surface area contributed by atoms with Crippen LogP contribution in [0.1, 0.15) is 11.1 Å². The van der Waals surface area contributed by atoms with E-state index in [0.29, 0.717) is 5.56 Å². The Balaban J connectivity index is 2.29. The van der Waals surface area contributed by atoms with Gasteiger partial charge in [0.25, 0.3) is 5.69 Å². The monoisotopic (exact) mass is 363 g/mol. The number of halogens is 1. The molecule has 1 aromatic carbocycles. The lowest BCUT2D eigenvalue weighted by Gasteiger charge is -2.01. The topological polar surface area (TPSA) is 127 Å². The average molecular weight is 364 g/mol. The van der Waals surface area contributed by atoms with E-state index in [2.05, 4.69) is 31.1 Å². The number of aromatic nitrogens is 1. The second-order valence-electron chi connectivity index (χ2n) is 4.09. The summed E-state index contributed by atoms with van der Waals surface area (Å²) in [7, 11) is 0. The molecule has 1 aromatic heterocycles. The van der Waals surface area contributed by atoms with Crippen LogP contribution in [0.3, 0.4) is 0 Å². The van der Waals surface area contributed by atoms with Gasteiger partial charge in [0.05, 0.1) is 15.6 Å². The molecular formula is C13H10BrN5O3. The molecule has 0 bridgehead atoms. The summed E-state index contributed by atoms with van der Waals surface area (Å²) < 4.78 is 0.189. The lowest BCUT2D eigenvalue weighted by Crippen LogP contribution is -2.12. The summed E-state index contributed by atoms with van der Waals surface area (Å²) in [6, 6.07) is 5.70. The van der Waals surface area contributed by atoms with Gasteiger partial charge in [-0.1, -0.05) is 0 Å². The highest BCUT2D eigenvalue weighted by Gasteiger charge is 2.13. The van der Waals surface area contributed by atoms with E-state index >= 15 is 0 Å². The first-order valence-electron chi connectivity index (χ1n) is 5.93. The van der Waals surface area contributed by atoms with E-state index < -0.39 is 4.92 Å². The van der Waals surface area contributed by atoms with E-state index in [1.54, 1.807) is 24.5 Å². The van der Waals surface area contributed by atoms with Crippen molar-refractivity contribution in [3.63, 3.8) is 0 Å². The molecule has 0 spiro atoms. The molecule has 0 unspecified atom stereocenters. The Bertz CT molecular complexity index is 762. The van der Waals surface area contributed by atoms with Crippen molar-refractivity contribution in [2.75, 3.05) is 0 Å². The number of amidine groups is 1. The summed E-state index contributed by atoms with van der Waals surface area (Å²) in [6.45, 7) is 0. The van der Waals surface area contributed by atoms with Crippen LogP contribution in [0.4, 0.5) is 5.69 Å². The predicted molar refractivity (Wildman–Crippen MR) is 85.0 cm³/mol. The van der Waals surface area contributed by atoms with E-state index in [0.717, 1.165) is 0 Å². The summed E-state index contributed by atoms with van der Waals surface area (Å²) in [5.41, 5.74) is 6.33. The largest absolute Gasteiger partial charge is 0.506 e. The number of nitro benzene ring substituents is 1. The van der Waals surface area contributed by atoms with Crippen molar-refractivity contribution in [1.29, 1.82) is 0 Å². The molecule has 9 heteroatoms. The van der Waals surface area contributed by atoms with Crippen LogP contribution in [0.2, 0.25) is 0 Å². The number of rotatable bonds is 4. The normalized spacial score (nSPS) is 11.8. The number of nitrogens with two attached hydrogens (primary N) is 1. The van der Waals surface area contributed by atoms with Crippen LogP contribution in [0, 0.1) is 10.1 Å². The van der Waals surface area contributed by atoms with Gasteiger partial charge < -0.3 is 10.8 Å². The molecule has 8 nitrogen and oxygen atoms in total. The molecule has 0 radical (unpaired) electrons. The highest BCUT2D eigenvalue weighted by Crippen LogP contribution is 2.31. The van der Waals surface area contributed by atoms with E-state index in [4.69, 9.17) is 5.73 Å². The number of hydrogen-bond donors (Lipinski definition) is 2. The highest BCUT2D eigenvalue weighted by molar-refractivity contribution is 9.10. The number of phenolic OH excluding ortho intramolecular Hbond substituents is 1. The number of non-ortho nitro benzene ring substituents is 1. The van der Waals surface area contributed by atoms with Gasteiger partial charge in [-0.3, -0.25) is 15.1 Å². The van der Waals surface area contributed by atoms with Crippen molar-refractivity contribution in [2.45, 2.75) is 0 Å². The Hall–Kier alpha value is -2.81. The first-order chi connectivity index (χ1) is 10.5. The summed E-state index contributed by atoms with van der Waals surface area (Å²) in [6.07, 6.45) is 4.30. The van der Waals surface area contributed by atoms with Crippen LogP contribution >= 0.6 is 15.9 Å². The molecule has 0 atom stereocenters. The van der Waals surface area contributed by atoms with E-state index in [-0.39, 0.29) is 27.3 Å². The second kappa shape index (κ2) is 6.76. The Kier molecular flexibility index (Phi) is 4.79. The molecule has 2 rings (SSSR count). The van der Waals surface area contributed by atoms with Gasteiger partial charge >= 0.3 is 0 Å². The second-order valence-corrected chi connectivity index (χ2v) is 4.94. The molecule has 1 heterocycles. The van der Waals surface area contributed by atoms with Crippen molar-refractivity contribution in [2.24, 2.45) is 15.9 Å². The maximum absolute atomic E-state index is 10.8. The maximum atomic E-state index is 10.8. The molecule has 22 heavy (non-hydrogen) atoms. The van der Waals surface area contributed by atoms with Gasteiger partial charge in [0, 0.05) is 35.7 Å². The Labute approximate surface area is 133 Å². The summed E-state index contributed by atoms with van der Waals surface area (Å²) in [5, 5.41) is 28.1. The third-order valence-electron chi connectivity index (χ3n) is 2.63. The van der Waals surface area contributed by atoms with Crippen LogP contribution in [-0.4, -0.2) is 27.1 Å². The fourth-order valence-electron chi connectivity index (χ4n) is 1.54. The zero-order chi connectivity index (χ0) is 16.1. The van der Waals surface area contributed by atoms with E-state index in [1.807, 2.05) is 0 Å². The summed E-state index contributed by atoms with van der Waals surface area (Å²) >= 11 is 3.04. The van der Waals surface area contributed by atoms with Crippen LogP contribution in [0.5, 0.6) is 5.75 Å². The molecule has 3 N–H and O–H groups in total. The highest BCUT2D eigenvalue weighted by atomic mass is 79.9. The number of nitrogens with zero attached hydrogens (tertiary/aromatic N) is 4. The smallest absolute Gasteiger partial charge is 0.271 e. The lowest BCUT2D eigenvalue weighted by molar-refractivity contribution is -0.385. The van der Waals surface area contributed by atoms with Gasteiger partial charge in [-0.05, 0) is 28.1 Å². The van der Waals surface area contributed by atoms with Crippen LogP contribution in [0.25, 0.3) is 0 Å². The standard InChI is InChI=1S/C13H10BrN5O3/c14-11-6-10(19(21)22)5-9(12(11)20)7-17-18-13(15)8-1-3-16-4-2-8/h1-7,20H,(H2,15,18)/b17-7+. The van der Waals surface area contributed by atoms with Gasteiger partial charge in [-0.25, -0.2) is 0 Å². The fraction of sp³-hybridized carbons (Fsp3) is 0. The minimum atomic E-state index is -0.573. The zero-order valence-electron chi connectivity index (χ0n) is 11.0. The van der Waals surface area contributed by atoms with Crippen molar-refractivity contribution >= 4 is 33.7 Å². The molecule has 0 saturated heterocycles. The van der Waals surface area contributed by atoms with Crippen molar-refractivity contribution in [1.82, 2.24) is 4.98 Å². The number of phenols is 1. The molecule has 0 saturated carbocycles. The van der Waals surface area contributed by atoms with Crippen LogP contribution in [0.15, 0.2) is 51.3 Å². The van der Waals surface area contributed by atoms with Gasteiger partial charge in [0.15, 0.2) is 5.84 Å². The van der Waals surface area contributed by atoms with E-state index in [9.17, 15) is 15.2 Å². The molecule has 2 aromatic rings. The molecule has 0 aliphatic heterocycles. The fourth-order valence-corrected chi connectivity index (χ4v) is 2.01. The number of aromatic hydroxyl groups is 1. The quantitative estimate of drug-likeness (QED) is 0.372. The van der Waals surface area contributed by atoms with Crippen LogP contribution in [-0.2, 0) is 0 Å². The Morgan fingerprint density at radius 2 is 2.09 bits per heavy atom. The first-order valence-corrected chi connectivity index (χ1v) is 6.72. The van der Waals surface area contributed by atoms with Gasteiger partial charge in [-0.15, -0.1) is 5.10 Å². The summed E-state index contributed by atoms with van der Waals surface area (Å²) in [4.78, 5) is 14.1. The molecule has 0 amide bonds. The predicted octanol–water partition coefficient (Wildman–Crippen LogP) is 2.20. The zero-order valence-corrected chi connectivity index (χ0v) is 12.6. The SMILES string of the molecule is N/C(=N\N=C\c1cc([N+](=O)[O-])cc(Br)c1O)c1ccncc1. The minimum Gasteiger partial charge on any atom is -0.506 e. The number of hydrogen-bond acceptors (Lipinski definition) is 6. The first kappa shape index (κ1) is 15.6. The molecule has 0 fully saturated rings. The van der Waals surface area contributed by atoms with Crippen molar-refractivity contribution in [3.8, 4) is 5.75 Å². The minimum absolute atomic E-state index is 0.146. The maximum Gasteiger partial charge on any atom is 0.271 e. The molecule has 0 aliphatic rings. The van der Waals surface area contributed by atoms with Crippen LogP contribution < -0.4 is 5.73 Å². The van der Waals surface area contributed by atoms with Crippen molar-refractivity contribution < 1.29 is 10.0 Å². The van der Waals surface area contributed by atoms with Gasteiger partial charge in [0.1, 0.15) is 5.75 Å². The third kappa shape index (κ3) is 3.64. The number of benzene rings is 1. The van der Waals surface area contributed by atoms with Crippen molar-refractivity contribution in [3.05, 3.63) is 62.4 Å². The molecular weight excluding hydrogens is 354 g/mol. The average Bonchev–Trinajstić information content (AvgIpc) is 2.51. The molecule has 112 valence electrons. The summed E-state index contributed by atoms with van der Waals surface area (Å²) in [5.74, 6) is -0.0188.